The first-order chi connectivity index (χ1) is 19.1. The summed E-state index contributed by atoms with van der Waals surface area (Å²) in [6.07, 6.45) is 7.80. The lowest BCUT2D eigenvalue weighted by Crippen LogP contribution is -2.33. The van der Waals surface area contributed by atoms with Crippen molar-refractivity contribution >= 4 is 17.4 Å². The van der Waals surface area contributed by atoms with Crippen molar-refractivity contribution in [3.8, 4) is 5.69 Å². The number of likely N-dealkylation sites (N-methyl/N-ethyl adjacent to an activating group) is 1. The van der Waals surface area contributed by atoms with Crippen molar-refractivity contribution in [3.05, 3.63) is 46.0 Å². The van der Waals surface area contributed by atoms with E-state index in [1.165, 1.54) is 6.07 Å². The molecule has 0 saturated heterocycles. The number of ether oxygens (including phenoxy) is 1. The molecule has 0 unspecified atom stereocenters. The highest BCUT2D eigenvalue weighted by Crippen LogP contribution is 2.43. The summed E-state index contributed by atoms with van der Waals surface area (Å²) in [5.41, 5.74) is 10.6. The topological polar surface area (TPSA) is 89.6 Å². The van der Waals surface area contributed by atoms with Gasteiger partial charge in [0.15, 0.2) is 5.78 Å². The van der Waals surface area contributed by atoms with E-state index in [1.807, 2.05) is 6.07 Å². The molecule has 40 heavy (non-hydrogen) atoms. The number of aromatic nitrogens is 1. The number of halogens is 1. The van der Waals surface area contributed by atoms with E-state index in [0.29, 0.717) is 17.8 Å². The standard InChI is InChI=1S/C32H45FN4O3/c1-5-36(6-2)14-15-40-22-12-10-20(11-13-22)35-25-17-21(16-24(33)30(25)31(34)39)37-26-9-7-8-23(26)29-27(37)18-32(3,4)19-28(29)38/h16-17,20,22,35H,5-15,18-19H2,1-4H3,(H2,34,39)/t20-,22-. The number of amides is 1. The van der Waals surface area contributed by atoms with E-state index in [2.05, 4.69) is 42.5 Å². The second-order valence-corrected chi connectivity index (χ2v) is 12.6. The first-order valence-corrected chi connectivity index (χ1v) is 15.1. The molecular formula is C32H45FN4O3. The highest BCUT2D eigenvalue weighted by Gasteiger charge is 2.39. The second-order valence-electron chi connectivity index (χ2n) is 12.6. The van der Waals surface area contributed by atoms with Crippen molar-refractivity contribution in [1.82, 2.24) is 9.47 Å². The lowest BCUT2D eigenvalue weighted by Gasteiger charge is -2.31. The lowest BCUT2D eigenvalue weighted by molar-refractivity contribution is 0.0156. The number of carbonyl (C=O) groups is 2. The van der Waals surface area contributed by atoms with Gasteiger partial charge in [0, 0.05) is 36.0 Å². The molecule has 1 saturated carbocycles. The van der Waals surface area contributed by atoms with E-state index >= 15 is 4.39 Å². The number of primary amides is 1. The maximum atomic E-state index is 15.6. The number of carbonyl (C=O) groups excluding carboxylic acids is 2. The molecule has 0 spiro atoms. The van der Waals surface area contributed by atoms with Gasteiger partial charge in [-0.25, -0.2) is 4.39 Å². The number of hydrogen-bond acceptors (Lipinski definition) is 5. The Bertz CT molecular complexity index is 1270. The van der Waals surface area contributed by atoms with Crippen molar-refractivity contribution in [2.45, 2.75) is 97.6 Å². The van der Waals surface area contributed by atoms with Gasteiger partial charge in [0.2, 0.25) is 0 Å². The number of nitrogens with one attached hydrogen (secondary N) is 1. The van der Waals surface area contributed by atoms with Crippen LogP contribution >= 0.6 is 0 Å². The van der Waals surface area contributed by atoms with Gasteiger partial charge in [0.25, 0.3) is 5.91 Å². The zero-order valence-corrected chi connectivity index (χ0v) is 24.6. The maximum absolute atomic E-state index is 15.6. The Morgan fingerprint density at radius 1 is 1.12 bits per heavy atom. The molecule has 1 fully saturated rings. The summed E-state index contributed by atoms with van der Waals surface area (Å²) in [5.74, 6) is -1.22. The molecule has 0 atom stereocenters. The third kappa shape index (κ3) is 5.70. The summed E-state index contributed by atoms with van der Waals surface area (Å²) in [5, 5.41) is 3.48. The Labute approximate surface area is 237 Å². The highest BCUT2D eigenvalue weighted by molar-refractivity contribution is 6.01. The number of Topliss-reactive ketones (excluding diaryl/α,β-unsaturated/α-hetero) is 1. The number of fused-ring (bicyclic) bond motifs is 3. The van der Waals surface area contributed by atoms with Crippen LogP contribution in [0.1, 0.15) is 104 Å². The SMILES string of the molecule is CCN(CC)CCO[C@H]1CC[C@H](Nc2cc(-n3c4c(c5c3CC(C)(C)CC5=O)CCC4)cc(F)c2C(N)=O)CC1. The first-order valence-electron chi connectivity index (χ1n) is 15.1. The maximum Gasteiger partial charge on any atom is 0.253 e. The minimum absolute atomic E-state index is 0.0974. The van der Waals surface area contributed by atoms with Crippen molar-refractivity contribution in [1.29, 1.82) is 0 Å². The molecule has 1 aromatic carbocycles. The van der Waals surface area contributed by atoms with Gasteiger partial charge in [-0.15, -0.1) is 0 Å². The number of hydrogen-bond donors (Lipinski definition) is 2. The fourth-order valence-electron chi connectivity index (χ4n) is 7.11. The molecular weight excluding hydrogens is 507 g/mol. The van der Waals surface area contributed by atoms with Gasteiger partial charge in [-0.05, 0) is 87.6 Å². The van der Waals surface area contributed by atoms with Crippen LogP contribution in [0.25, 0.3) is 5.69 Å². The van der Waals surface area contributed by atoms with Crippen LogP contribution in [0.5, 0.6) is 0 Å². The summed E-state index contributed by atoms with van der Waals surface area (Å²) >= 11 is 0. The Hall–Kier alpha value is -2.71. The van der Waals surface area contributed by atoms with Crippen LogP contribution in [0.2, 0.25) is 0 Å². The Morgan fingerprint density at radius 3 is 2.52 bits per heavy atom. The minimum Gasteiger partial charge on any atom is -0.382 e. The zero-order valence-electron chi connectivity index (χ0n) is 24.6. The monoisotopic (exact) mass is 552 g/mol. The van der Waals surface area contributed by atoms with Gasteiger partial charge in [-0.2, -0.15) is 0 Å². The van der Waals surface area contributed by atoms with Crippen molar-refractivity contribution < 1.29 is 18.7 Å². The van der Waals surface area contributed by atoms with Gasteiger partial charge in [-0.3, -0.25) is 9.59 Å². The molecule has 7 nitrogen and oxygen atoms in total. The third-order valence-corrected chi connectivity index (χ3v) is 9.15. The normalized spacial score (nSPS) is 21.9. The van der Waals surface area contributed by atoms with E-state index in [-0.39, 0.29) is 28.9 Å². The van der Waals surface area contributed by atoms with Gasteiger partial charge in [0.1, 0.15) is 5.82 Å². The van der Waals surface area contributed by atoms with Crippen LogP contribution in [0.4, 0.5) is 10.1 Å². The molecule has 3 aliphatic carbocycles. The van der Waals surface area contributed by atoms with Gasteiger partial charge < -0.3 is 25.3 Å². The van der Waals surface area contributed by atoms with Crippen LogP contribution in [-0.2, 0) is 24.0 Å². The number of ketones is 1. The van der Waals surface area contributed by atoms with Crippen molar-refractivity contribution in [2.24, 2.45) is 11.1 Å². The summed E-state index contributed by atoms with van der Waals surface area (Å²) in [4.78, 5) is 28.0. The van der Waals surface area contributed by atoms with E-state index in [1.54, 1.807) is 0 Å². The lowest BCUT2D eigenvalue weighted by atomic mass is 9.75. The zero-order chi connectivity index (χ0) is 28.6. The highest BCUT2D eigenvalue weighted by atomic mass is 19.1. The van der Waals surface area contributed by atoms with Gasteiger partial charge in [0.05, 0.1) is 29.6 Å². The molecule has 218 valence electrons. The Balaban J connectivity index is 1.39. The molecule has 0 radical (unpaired) electrons. The Kier molecular flexibility index (Phi) is 8.39. The number of anilines is 1. The number of nitrogens with two attached hydrogens (primary N) is 1. The fraction of sp³-hybridized carbons (Fsp3) is 0.625. The van der Waals surface area contributed by atoms with E-state index < -0.39 is 11.7 Å². The molecule has 1 amide bonds. The summed E-state index contributed by atoms with van der Waals surface area (Å²) in [6, 6.07) is 3.37. The summed E-state index contributed by atoms with van der Waals surface area (Å²) < 4.78 is 23.9. The second kappa shape index (κ2) is 11.6. The predicted molar refractivity (Wildman–Crippen MR) is 156 cm³/mol. The largest absolute Gasteiger partial charge is 0.382 e. The van der Waals surface area contributed by atoms with Crippen LogP contribution in [0.15, 0.2) is 12.1 Å². The number of benzene rings is 1. The van der Waals surface area contributed by atoms with Crippen LogP contribution in [0.3, 0.4) is 0 Å². The van der Waals surface area contributed by atoms with Crippen molar-refractivity contribution in [2.75, 3.05) is 31.6 Å². The first kappa shape index (κ1) is 28.8. The van der Waals surface area contributed by atoms with Gasteiger partial charge in [-0.1, -0.05) is 27.7 Å². The molecule has 0 aliphatic heterocycles. The summed E-state index contributed by atoms with van der Waals surface area (Å²) in [6.45, 7) is 12.3. The van der Waals surface area contributed by atoms with Crippen LogP contribution < -0.4 is 11.1 Å². The summed E-state index contributed by atoms with van der Waals surface area (Å²) in [7, 11) is 0. The molecule has 3 aliphatic rings. The third-order valence-electron chi connectivity index (χ3n) is 9.15. The fourth-order valence-corrected chi connectivity index (χ4v) is 7.11. The number of nitrogens with zero attached hydrogens (tertiary/aromatic N) is 2. The quantitative estimate of drug-likeness (QED) is 0.410. The predicted octanol–water partition coefficient (Wildman–Crippen LogP) is 5.44. The molecule has 1 heterocycles. The van der Waals surface area contributed by atoms with Crippen LogP contribution in [-0.4, -0.2) is 59.5 Å². The molecule has 2 aromatic rings. The molecule has 1 aromatic heterocycles. The molecule has 0 bridgehead atoms. The Morgan fingerprint density at radius 2 is 1.85 bits per heavy atom. The van der Waals surface area contributed by atoms with Gasteiger partial charge >= 0.3 is 0 Å². The number of rotatable bonds is 10. The molecule has 5 rings (SSSR count). The van der Waals surface area contributed by atoms with E-state index in [9.17, 15) is 9.59 Å². The average Bonchev–Trinajstić information content (AvgIpc) is 3.46. The molecule has 8 heteroatoms. The van der Waals surface area contributed by atoms with Crippen LogP contribution in [0, 0.1) is 11.2 Å². The minimum atomic E-state index is -0.781. The van der Waals surface area contributed by atoms with Crippen molar-refractivity contribution in [3.63, 3.8) is 0 Å². The average molecular weight is 553 g/mol. The van der Waals surface area contributed by atoms with E-state index in [4.69, 9.17) is 10.5 Å². The van der Waals surface area contributed by atoms with E-state index in [0.717, 1.165) is 100 Å². The molecule has 3 N–H and O–H groups in total. The smallest absolute Gasteiger partial charge is 0.253 e.